The van der Waals surface area contributed by atoms with E-state index in [2.05, 4.69) is 49.8 Å². The van der Waals surface area contributed by atoms with E-state index in [9.17, 15) is 8.42 Å². The molecule has 31 heavy (non-hydrogen) atoms. The van der Waals surface area contributed by atoms with Crippen LogP contribution in [0.3, 0.4) is 0 Å². The molecule has 0 saturated carbocycles. The summed E-state index contributed by atoms with van der Waals surface area (Å²) in [5.74, 6) is -0.135. The highest BCUT2D eigenvalue weighted by Gasteiger charge is 2.17. The Bertz CT molecular complexity index is 1070. The van der Waals surface area contributed by atoms with E-state index >= 15 is 0 Å². The van der Waals surface area contributed by atoms with E-state index < -0.39 is 10.0 Å². The van der Waals surface area contributed by atoms with E-state index in [0.29, 0.717) is 11.4 Å². The van der Waals surface area contributed by atoms with Crippen molar-refractivity contribution >= 4 is 21.4 Å². The van der Waals surface area contributed by atoms with Crippen molar-refractivity contribution in [2.24, 2.45) is 0 Å². The number of rotatable bonds is 8. The van der Waals surface area contributed by atoms with Crippen molar-refractivity contribution in [1.29, 1.82) is 0 Å². The lowest BCUT2D eigenvalue weighted by Crippen LogP contribution is -2.46. The zero-order valence-electron chi connectivity index (χ0n) is 17.5. The Morgan fingerprint density at radius 1 is 0.871 bits per heavy atom. The molecule has 1 fully saturated rings. The van der Waals surface area contributed by atoms with Crippen LogP contribution < -0.4 is 9.62 Å². The van der Waals surface area contributed by atoms with Gasteiger partial charge in [-0.2, -0.15) is 0 Å². The second-order valence-corrected chi connectivity index (χ2v) is 9.52. The fourth-order valence-electron chi connectivity index (χ4n) is 3.84. The molecule has 1 aromatic heterocycles. The van der Waals surface area contributed by atoms with E-state index in [0.717, 1.165) is 44.7 Å². The lowest BCUT2D eigenvalue weighted by atomic mass is 10.1. The average molecular weight is 437 g/mol. The number of pyridine rings is 1. The molecule has 0 bridgehead atoms. The van der Waals surface area contributed by atoms with E-state index in [1.165, 1.54) is 5.69 Å². The Hall–Kier alpha value is -2.90. The van der Waals surface area contributed by atoms with Gasteiger partial charge in [-0.3, -0.25) is 14.6 Å². The number of piperazine rings is 1. The van der Waals surface area contributed by atoms with Gasteiger partial charge in [-0.05, 0) is 48.4 Å². The molecule has 7 heteroatoms. The number of hydrogen-bond donors (Lipinski definition) is 1. The fraction of sp³-hybridized carbons (Fsp3) is 0.292. The molecular formula is C24H28N4O2S. The van der Waals surface area contributed by atoms with Gasteiger partial charge in [-0.25, -0.2) is 8.42 Å². The maximum Gasteiger partial charge on any atom is 0.238 e. The molecule has 0 amide bonds. The molecule has 4 rings (SSSR count). The van der Waals surface area contributed by atoms with Crippen molar-refractivity contribution in [3.63, 3.8) is 0 Å². The Morgan fingerprint density at radius 2 is 1.65 bits per heavy atom. The van der Waals surface area contributed by atoms with Crippen molar-refractivity contribution in [3.8, 4) is 0 Å². The minimum atomic E-state index is -3.50. The lowest BCUT2D eigenvalue weighted by molar-refractivity contribution is 0.261. The first-order valence-electron chi connectivity index (χ1n) is 10.6. The number of hydrogen-bond acceptors (Lipinski definition) is 5. The molecule has 0 atom stereocenters. The topological polar surface area (TPSA) is 65.5 Å². The minimum absolute atomic E-state index is 0.135. The maximum atomic E-state index is 12.5. The van der Waals surface area contributed by atoms with Crippen LogP contribution >= 0.6 is 0 Å². The summed E-state index contributed by atoms with van der Waals surface area (Å²) in [6.45, 7) is 5.08. The Kier molecular flexibility index (Phi) is 6.84. The fourth-order valence-corrected chi connectivity index (χ4v) is 4.96. The first kappa shape index (κ1) is 21.3. The molecule has 6 nitrogen and oxygen atoms in total. The summed E-state index contributed by atoms with van der Waals surface area (Å²) in [6, 6.07) is 23.5. The zero-order chi connectivity index (χ0) is 21.5. The van der Waals surface area contributed by atoms with Gasteiger partial charge in [0.2, 0.25) is 10.0 Å². The smallest absolute Gasteiger partial charge is 0.238 e. The average Bonchev–Trinajstić information content (AvgIpc) is 2.79. The van der Waals surface area contributed by atoms with Crippen molar-refractivity contribution < 1.29 is 8.42 Å². The standard InChI is InChI=1S/C24H28N4O2S/c29-31(30,20-23-8-4-5-13-25-23)26-22-9-6-7-21(19-22)12-14-27-15-17-28(18-16-27)24-10-2-1-3-11-24/h1-11,13,19,26H,12,14-18,20H2. The van der Waals surface area contributed by atoms with Gasteiger partial charge in [0.25, 0.3) is 0 Å². The van der Waals surface area contributed by atoms with Gasteiger partial charge in [-0.15, -0.1) is 0 Å². The molecule has 1 aliphatic rings. The van der Waals surface area contributed by atoms with Gasteiger partial charge in [0.05, 0.1) is 5.69 Å². The van der Waals surface area contributed by atoms with Crippen molar-refractivity contribution in [2.45, 2.75) is 12.2 Å². The van der Waals surface area contributed by atoms with E-state index in [4.69, 9.17) is 0 Å². The summed E-state index contributed by atoms with van der Waals surface area (Å²) >= 11 is 0. The summed E-state index contributed by atoms with van der Waals surface area (Å²) in [5, 5.41) is 0. The minimum Gasteiger partial charge on any atom is -0.369 e. The van der Waals surface area contributed by atoms with E-state index in [1.54, 1.807) is 30.5 Å². The predicted molar refractivity (Wildman–Crippen MR) is 126 cm³/mol. The molecule has 1 aliphatic heterocycles. The highest BCUT2D eigenvalue weighted by molar-refractivity contribution is 7.91. The molecule has 2 heterocycles. The van der Waals surface area contributed by atoms with Crippen LogP contribution in [-0.4, -0.2) is 51.0 Å². The van der Waals surface area contributed by atoms with Crippen LogP contribution in [0.5, 0.6) is 0 Å². The second-order valence-electron chi connectivity index (χ2n) is 7.80. The summed E-state index contributed by atoms with van der Waals surface area (Å²) < 4.78 is 27.6. The molecular weight excluding hydrogens is 408 g/mol. The van der Waals surface area contributed by atoms with Crippen LogP contribution in [0, 0.1) is 0 Å². The molecule has 3 aromatic rings. The van der Waals surface area contributed by atoms with Gasteiger partial charge in [-0.1, -0.05) is 36.4 Å². The largest absolute Gasteiger partial charge is 0.369 e. The van der Waals surface area contributed by atoms with Crippen molar-refractivity contribution in [3.05, 3.63) is 90.3 Å². The van der Waals surface area contributed by atoms with Crippen LogP contribution in [0.2, 0.25) is 0 Å². The molecule has 2 aromatic carbocycles. The lowest BCUT2D eigenvalue weighted by Gasteiger charge is -2.36. The SMILES string of the molecule is O=S(=O)(Cc1ccccn1)Nc1cccc(CCN2CCN(c3ccccc3)CC2)c1. The van der Waals surface area contributed by atoms with E-state index in [1.807, 2.05) is 18.2 Å². The third-order valence-electron chi connectivity index (χ3n) is 5.47. The number of para-hydroxylation sites is 1. The highest BCUT2D eigenvalue weighted by atomic mass is 32.2. The predicted octanol–water partition coefficient (Wildman–Crippen LogP) is 3.39. The number of aromatic nitrogens is 1. The van der Waals surface area contributed by atoms with Crippen molar-refractivity contribution in [2.75, 3.05) is 42.3 Å². The van der Waals surface area contributed by atoms with Gasteiger partial charge >= 0.3 is 0 Å². The first-order chi connectivity index (χ1) is 15.1. The monoisotopic (exact) mass is 436 g/mol. The normalized spacial score (nSPS) is 15.0. The van der Waals surface area contributed by atoms with Gasteiger partial charge in [0.1, 0.15) is 5.75 Å². The zero-order valence-corrected chi connectivity index (χ0v) is 18.3. The maximum absolute atomic E-state index is 12.5. The quantitative estimate of drug-likeness (QED) is 0.586. The highest BCUT2D eigenvalue weighted by Crippen LogP contribution is 2.17. The summed E-state index contributed by atoms with van der Waals surface area (Å²) in [4.78, 5) is 8.99. The Labute approximate surface area is 184 Å². The van der Waals surface area contributed by atoms with E-state index in [-0.39, 0.29) is 5.75 Å². The molecule has 162 valence electrons. The summed E-state index contributed by atoms with van der Waals surface area (Å²) in [6.07, 6.45) is 2.49. The molecule has 1 N–H and O–H groups in total. The third-order valence-corrected chi connectivity index (χ3v) is 6.70. The molecule has 1 saturated heterocycles. The first-order valence-corrected chi connectivity index (χ1v) is 12.2. The van der Waals surface area contributed by atoms with Gasteiger partial charge in [0, 0.05) is 50.3 Å². The van der Waals surface area contributed by atoms with Crippen LogP contribution in [-0.2, 0) is 22.2 Å². The number of sulfonamides is 1. The van der Waals surface area contributed by atoms with Gasteiger partial charge in [0.15, 0.2) is 0 Å². The van der Waals surface area contributed by atoms with Crippen LogP contribution in [0.15, 0.2) is 79.0 Å². The number of nitrogens with zero attached hydrogens (tertiary/aromatic N) is 3. The van der Waals surface area contributed by atoms with Crippen LogP contribution in [0.25, 0.3) is 0 Å². The Balaban J connectivity index is 1.28. The Morgan fingerprint density at radius 3 is 2.39 bits per heavy atom. The third kappa shape index (κ3) is 6.29. The summed E-state index contributed by atoms with van der Waals surface area (Å²) in [7, 11) is -3.50. The van der Waals surface area contributed by atoms with Crippen LogP contribution in [0.4, 0.5) is 11.4 Å². The number of anilines is 2. The number of nitrogens with one attached hydrogen (secondary N) is 1. The summed E-state index contributed by atoms with van der Waals surface area (Å²) in [5.41, 5.74) is 3.54. The molecule has 0 aliphatic carbocycles. The van der Waals surface area contributed by atoms with Gasteiger partial charge < -0.3 is 4.90 Å². The molecule has 0 spiro atoms. The van der Waals surface area contributed by atoms with Crippen LogP contribution in [0.1, 0.15) is 11.3 Å². The number of benzene rings is 2. The molecule has 0 radical (unpaired) electrons. The molecule has 0 unspecified atom stereocenters. The van der Waals surface area contributed by atoms with Crippen molar-refractivity contribution in [1.82, 2.24) is 9.88 Å². The second kappa shape index (κ2) is 9.94.